The topological polar surface area (TPSA) is 150 Å². The largest absolute Gasteiger partial charge is 0.268 e. The summed E-state index contributed by atoms with van der Waals surface area (Å²) in [7, 11) is 0. The molecule has 4 heterocycles. The van der Waals surface area contributed by atoms with Crippen molar-refractivity contribution in [1.29, 1.82) is 0 Å². The van der Waals surface area contributed by atoms with Gasteiger partial charge in [0.1, 0.15) is 0 Å². The van der Waals surface area contributed by atoms with E-state index in [1.165, 1.54) is 9.80 Å². The van der Waals surface area contributed by atoms with E-state index in [1.54, 1.807) is 109 Å². The minimum absolute atomic E-state index is 0.216. The van der Waals surface area contributed by atoms with E-state index >= 15 is 0 Å². The highest BCUT2D eigenvalue weighted by Crippen LogP contribution is 2.37. The molecule has 8 aromatic rings. The van der Waals surface area contributed by atoms with Gasteiger partial charge in [-0.1, -0.05) is 83.9 Å². The molecule has 0 saturated heterocycles. The molecule has 0 fully saturated rings. The maximum atomic E-state index is 13.9. The van der Waals surface area contributed by atoms with Crippen molar-refractivity contribution in [1.82, 2.24) is 0 Å². The average Bonchev–Trinajstić information content (AvgIpc) is 3.99. The number of fused-ring (bicyclic) bond motifs is 4. The molecule has 0 bridgehead atoms. The van der Waals surface area contributed by atoms with Gasteiger partial charge in [-0.05, 0) is 157 Å². The summed E-state index contributed by atoms with van der Waals surface area (Å²) in [5, 5.41) is 0. The Hall–Kier alpha value is -9.68. The highest BCUT2D eigenvalue weighted by Gasteiger charge is 2.40. The standard InChI is InChI=1S/C60H38N4O8/c1-33-3-23-45-49(27-33)57(69)61(53(45)65)41-15-5-35(6-16-41)29-37-9-19-43(20-10-37)63-55(67)47-25-13-39(31-51(47)59(63)71)40-14-26-48-52(32-40)60(72)64(56(48)68)44-21-11-38(12-22-44)30-36-7-17-42(18-8-36)62-54(66)46-24-4-34(2)28-50(46)58(62)70/h3-28,31-32H,29-30H2,1-2H3. The van der Waals surface area contributed by atoms with E-state index in [2.05, 4.69) is 0 Å². The van der Waals surface area contributed by atoms with Crippen LogP contribution in [0.2, 0.25) is 0 Å². The molecular formula is C60H38N4O8. The Morgan fingerprint density at radius 3 is 0.736 bits per heavy atom. The number of amides is 8. The molecular weight excluding hydrogens is 905 g/mol. The van der Waals surface area contributed by atoms with Crippen LogP contribution in [-0.2, 0) is 12.8 Å². The maximum Gasteiger partial charge on any atom is 0.266 e. The molecule has 0 aromatic heterocycles. The van der Waals surface area contributed by atoms with Gasteiger partial charge in [0, 0.05) is 0 Å². The van der Waals surface area contributed by atoms with Crippen molar-refractivity contribution in [3.05, 3.63) is 248 Å². The second-order valence-electron chi connectivity index (χ2n) is 18.4. The van der Waals surface area contributed by atoms with E-state index in [0.717, 1.165) is 43.2 Å². The van der Waals surface area contributed by atoms with Crippen LogP contribution in [0.3, 0.4) is 0 Å². The van der Waals surface area contributed by atoms with Crippen molar-refractivity contribution in [3.8, 4) is 11.1 Å². The number of hydrogen-bond donors (Lipinski definition) is 0. The van der Waals surface area contributed by atoms with Gasteiger partial charge >= 0.3 is 0 Å². The maximum absolute atomic E-state index is 13.9. The molecule has 72 heavy (non-hydrogen) atoms. The van der Waals surface area contributed by atoms with Gasteiger partial charge in [-0.25, -0.2) is 19.6 Å². The summed E-state index contributed by atoms with van der Waals surface area (Å²) in [5.41, 5.74) is 11.0. The van der Waals surface area contributed by atoms with Crippen LogP contribution in [0, 0.1) is 13.8 Å². The molecule has 8 aromatic carbocycles. The normalized spacial score (nSPS) is 14.8. The zero-order chi connectivity index (χ0) is 49.7. The zero-order valence-electron chi connectivity index (χ0n) is 38.6. The third-order valence-electron chi connectivity index (χ3n) is 13.8. The minimum atomic E-state index is -0.487. The van der Waals surface area contributed by atoms with E-state index in [0.29, 0.717) is 69.0 Å². The summed E-state index contributed by atoms with van der Waals surface area (Å²) in [5.74, 6) is -3.31. The molecule has 346 valence electrons. The Morgan fingerprint density at radius 1 is 0.250 bits per heavy atom. The summed E-state index contributed by atoms with van der Waals surface area (Å²) in [6, 6.07) is 49.1. The number of carbonyl (C=O) groups is 8. The van der Waals surface area contributed by atoms with Gasteiger partial charge in [0.15, 0.2) is 0 Å². The van der Waals surface area contributed by atoms with Crippen LogP contribution in [0.15, 0.2) is 170 Å². The summed E-state index contributed by atoms with van der Waals surface area (Å²) in [4.78, 5) is 112. The summed E-state index contributed by atoms with van der Waals surface area (Å²) in [6.45, 7) is 3.75. The summed E-state index contributed by atoms with van der Waals surface area (Å²) < 4.78 is 0. The number of benzene rings is 8. The minimum Gasteiger partial charge on any atom is -0.268 e. The van der Waals surface area contributed by atoms with Gasteiger partial charge in [-0.15, -0.1) is 0 Å². The molecule has 0 N–H and O–H groups in total. The number of imide groups is 4. The van der Waals surface area contributed by atoms with Gasteiger partial charge in [0.2, 0.25) is 0 Å². The second kappa shape index (κ2) is 16.5. The van der Waals surface area contributed by atoms with Gasteiger partial charge in [0.25, 0.3) is 47.3 Å². The van der Waals surface area contributed by atoms with Crippen LogP contribution in [0.1, 0.15) is 116 Å². The van der Waals surface area contributed by atoms with Crippen molar-refractivity contribution in [2.45, 2.75) is 26.7 Å². The van der Waals surface area contributed by atoms with Crippen molar-refractivity contribution in [2.24, 2.45) is 0 Å². The molecule has 0 atom stereocenters. The first-order valence-electron chi connectivity index (χ1n) is 23.2. The Balaban J connectivity index is 0.697. The third kappa shape index (κ3) is 6.99. The van der Waals surface area contributed by atoms with E-state index in [4.69, 9.17) is 0 Å². The molecule has 4 aliphatic rings. The lowest BCUT2D eigenvalue weighted by Gasteiger charge is -2.15. The Labute approximate surface area is 412 Å². The van der Waals surface area contributed by atoms with Crippen molar-refractivity contribution in [2.75, 3.05) is 19.6 Å². The van der Waals surface area contributed by atoms with Gasteiger partial charge < -0.3 is 0 Å². The summed E-state index contributed by atoms with van der Waals surface area (Å²) in [6.07, 6.45) is 1.05. The van der Waals surface area contributed by atoms with Crippen molar-refractivity contribution < 1.29 is 38.4 Å². The molecule has 12 rings (SSSR count). The number of rotatable bonds is 9. The van der Waals surface area contributed by atoms with E-state index in [-0.39, 0.29) is 45.9 Å². The van der Waals surface area contributed by atoms with Crippen LogP contribution >= 0.6 is 0 Å². The average molecular weight is 943 g/mol. The van der Waals surface area contributed by atoms with Crippen LogP contribution in [0.25, 0.3) is 11.1 Å². The van der Waals surface area contributed by atoms with Crippen LogP contribution < -0.4 is 19.6 Å². The first kappa shape index (κ1) is 43.6. The van der Waals surface area contributed by atoms with Gasteiger partial charge in [0.05, 0.1) is 67.3 Å². The predicted octanol–water partition coefficient (Wildman–Crippen LogP) is 10.4. The van der Waals surface area contributed by atoms with Crippen LogP contribution in [0.4, 0.5) is 22.7 Å². The van der Waals surface area contributed by atoms with Crippen LogP contribution in [-0.4, -0.2) is 47.3 Å². The number of anilines is 4. The molecule has 12 heteroatoms. The fraction of sp³-hybridized carbons (Fsp3) is 0.0667. The first-order chi connectivity index (χ1) is 34.8. The lowest BCUT2D eigenvalue weighted by molar-refractivity contribution is 0.0910. The SMILES string of the molecule is Cc1ccc2c(c1)C(=O)N(c1ccc(Cc3ccc(N4C(=O)c5ccc(-c6ccc7c(c6)C(=O)N(c6ccc(Cc8ccc(N9C(=O)c%10ccc(C)cc%10C9=O)cc8)cc6)C7=O)cc5C4=O)cc3)cc1)C2=O. The zero-order valence-corrected chi connectivity index (χ0v) is 38.6. The molecule has 0 unspecified atom stereocenters. The highest BCUT2D eigenvalue weighted by atomic mass is 16.2. The second-order valence-corrected chi connectivity index (χ2v) is 18.4. The molecule has 4 aliphatic heterocycles. The molecule has 0 aliphatic carbocycles. The van der Waals surface area contributed by atoms with E-state index < -0.39 is 23.6 Å². The predicted molar refractivity (Wildman–Crippen MR) is 270 cm³/mol. The first-order valence-corrected chi connectivity index (χ1v) is 23.2. The number of aryl methyl sites for hydroxylation is 2. The highest BCUT2D eigenvalue weighted by molar-refractivity contribution is 6.37. The Bertz CT molecular complexity index is 3520. The molecule has 0 spiro atoms. The monoisotopic (exact) mass is 942 g/mol. The van der Waals surface area contributed by atoms with Gasteiger partial charge in [-0.3, -0.25) is 38.4 Å². The van der Waals surface area contributed by atoms with E-state index in [9.17, 15) is 38.4 Å². The molecule has 8 amide bonds. The number of nitrogens with zero attached hydrogens (tertiary/aromatic N) is 4. The third-order valence-corrected chi connectivity index (χ3v) is 13.8. The number of carbonyl (C=O) groups excluding carboxylic acids is 8. The van der Waals surface area contributed by atoms with Gasteiger partial charge in [-0.2, -0.15) is 0 Å². The van der Waals surface area contributed by atoms with Crippen molar-refractivity contribution in [3.63, 3.8) is 0 Å². The van der Waals surface area contributed by atoms with E-state index in [1.807, 2.05) is 74.5 Å². The lowest BCUT2D eigenvalue weighted by Crippen LogP contribution is -2.29. The molecule has 0 saturated carbocycles. The smallest absolute Gasteiger partial charge is 0.266 e. The Kier molecular flexibility index (Phi) is 9.98. The fourth-order valence-corrected chi connectivity index (χ4v) is 10.0. The number of hydrogen-bond acceptors (Lipinski definition) is 8. The lowest BCUT2D eigenvalue weighted by atomic mass is 9.97. The summed E-state index contributed by atoms with van der Waals surface area (Å²) >= 11 is 0. The molecule has 12 nitrogen and oxygen atoms in total. The van der Waals surface area contributed by atoms with Crippen molar-refractivity contribution >= 4 is 70.0 Å². The molecule has 0 radical (unpaired) electrons. The Morgan fingerprint density at radius 2 is 0.472 bits per heavy atom. The quantitative estimate of drug-likeness (QED) is 0.130. The fourth-order valence-electron chi connectivity index (χ4n) is 10.0. The van der Waals surface area contributed by atoms with Crippen LogP contribution in [0.5, 0.6) is 0 Å².